The van der Waals surface area contributed by atoms with Gasteiger partial charge < -0.3 is 10.4 Å². The molecule has 0 bridgehead atoms. The summed E-state index contributed by atoms with van der Waals surface area (Å²) in [5.41, 5.74) is 0.480. The second-order valence-electron chi connectivity index (χ2n) is 3.56. The number of aromatic hydroxyl groups is 1. The number of carbonyl (C=O) groups excluding carboxylic acids is 1. The van der Waals surface area contributed by atoms with Crippen molar-refractivity contribution in [3.63, 3.8) is 0 Å². The molecule has 1 rings (SSSR count). The van der Waals surface area contributed by atoms with E-state index in [1.54, 1.807) is 24.3 Å². The summed E-state index contributed by atoms with van der Waals surface area (Å²) in [6.07, 6.45) is 3.51. The first-order valence-corrected chi connectivity index (χ1v) is 6.50. The van der Waals surface area contributed by atoms with Crippen molar-refractivity contribution in [3.05, 3.63) is 24.3 Å². The first-order valence-electron chi connectivity index (χ1n) is 5.38. The quantitative estimate of drug-likeness (QED) is 0.479. The average molecular weight is 286 g/mol. The standard InChI is InChI=1S/C12H16BrNO2/c13-9-5-1-2-8-12(16)14-10-6-3-4-7-11(10)15/h3-4,6-7,15H,1-2,5,8-9H2,(H,14,16). The van der Waals surface area contributed by atoms with Gasteiger partial charge in [-0.05, 0) is 25.0 Å². The van der Waals surface area contributed by atoms with E-state index in [0.717, 1.165) is 24.6 Å². The maximum Gasteiger partial charge on any atom is 0.224 e. The molecule has 4 heteroatoms. The molecule has 0 heterocycles. The van der Waals surface area contributed by atoms with Crippen LogP contribution in [0, 0.1) is 0 Å². The Labute approximate surface area is 104 Å². The fourth-order valence-corrected chi connectivity index (χ4v) is 1.75. The number of hydrogen-bond donors (Lipinski definition) is 2. The highest BCUT2D eigenvalue weighted by Crippen LogP contribution is 2.21. The van der Waals surface area contributed by atoms with Crippen LogP contribution in [0.25, 0.3) is 0 Å². The van der Waals surface area contributed by atoms with Crippen LogP contribution in [0.1, 0.15) is 25.7 Å². The fraction of sp³-hybridized carbons (Fsp3) is 0.417. The number of phenols is 1. The van der Waals surface area contributed by atoms with Crippen molar-refractivity contribution < 1.29 is 9.90 Å². The number of nitrogens with one attached hydrogen (secondary N) is 1. The predicted molar refractivity (Wildman–Crippen MR) is 69.0 cm³/mol. The van der Waals surface area contributed by atoms with E-state index in [-0.39, 0.29) is 11.7 Å². The Balaban J connectivity index is 2.32. The molecular weight excluding hydrogens is 270 g/mol. The lowest BCUT2D eigenvalue weighted by Crippen LogP contribution is -2.11. The molecule has 0 saturated carbocycles. The Kier molecular flexibility index (Phi) is 5.93. The maximum atomic E-state index is 11.5. The van der Waals surface area contributed by atoms with Gasteiger partial charge >= 0.3 is 0 Å². The molecule has 3 nitrogen and oxygen atoms in total. The van der Waals surface area contributed by atoms with E-state index in [1.807, 2.05) is 0 Å². The topological polar surface area (TPSA) is 49.3 Å². The van der Waals surface area contributed by atoms with Crippen LogP contribution in [0.3, 0.4) is 0 Å². The minimum atomic E-state index is -0.0453. The van der Waals surface area contributed by atoms with E-state index < -0.39 is 0 Å². The van der Waals surface area contributed by atoms with E-state index in [4.69, 9.17) is 0 Å². The highest BCUT2D eigenvalue weighted by atomic mass is 79.9. The molecule has 0 saturated heterocycles. The number of hydrogen-bond acceptors (Lipinski definition) is 2. The van der Waals surface area contributed by atoms with E-state index in [9.17, 15) is 9.90 Å². The van der Waals surface area contributed by atoms with Crippen LogP contribution in [0.2, 0.25) is 0 Å². The van der Waals surface area contributed by atoms with Gasteiger partial charge in [0.05, 0.1) is 5.69 Å². The van der Waals surface area contributed by atoms with E-state index in [2.05, 4.69) is 21.2 Å². The monoisotopic (exact) mass is 285 g/mol. The lowest BCUT2D eigenvalue weighted by atomic mass is 10.2. The average Bonchev–Trinajstić information content (AvgIpc) is 2.28. The Morgan fingerprint density at radius 1 is 1.25 bits per heavy atom. The zero-order valence-electron chi connectivity index (χ0n) is 9.08. The summed E-state index contributed by atoms with van der Waals surface area (Å²) in [5.74, 6) is 0.0624. The summed E-state index contributed by atoms with van der Waals surface area (Å²) >= 11 is 3.35. The van der Waals surface area contributed by atoms with Gasteiger partial charge in [0.25, 0.3) is 0 Å². The van der Waals surface area contributed by atoms with Gasteiger partial charge in [-0.2, -0.15) is 0 Å². The third-order valence-corrected chi connectivity index (χ3v) is 2.78. The smallest absolute Gasteiger partial charge is 0.224 e. The summed E-state index contributed by atoms with van der Waals surface area (Å²) in [7, 11) is 0. The molecule has 0 radical (unpaired) electrons. The molecule has 0 aliphatic carbocycles. The van der Waals surface area contributed by atoms with Gasteiger partial charge in [0.15, 0.2) is 0 Å². The molecular formula is C12H16BrNO2. The third-order valence-electron chi connectivity index (χ3n) is 2.22. The van der Waals surface area contributed by atoms with Crippen molar-refractivity contribution in [2.45, 2.75) is 25.7 Å². The highest BCUT2D eigenvalue weighted by molar-refractivity contribution is 9.09. The van der Waals surface area contributed by atoms with Crippen LogP contribution in [-0.2, 0) is 4.79 Å². The second-order valence-corrected chi connectivity index (χ2v) is 4.36. The molecule has 0 fully saturated rings. The van der Waals surface area contributed by atoms with Gasteiger partial charge in [-0.25, -0.2) is 0 Å². The molecule has 0 aliphatic heterocycles. The van der Waals surface area contributed by atoms with Gasteiger partial charge in [0.1, 0.15) is 5.75 Å². The molecule has 1 amide bonds. The van der Waals surface area contributed by atoms with E-state index in [0.29, 0.717) is 12.1 Å². The summed E-state index contributed by atoms with van der Waals surface area (Å²) in [6.45, 7) is 0. The van der Waals surface area contributed by atoms with Gasteiger partial charge in [0, 0.05) is 11.8 Å². The van der Waals surface area contributed by atoms with Crippen LogP contribution in [0.15, 0.2) is 24.3 Å². The largest absolute Gasteiger partial charge is 0.506 e. The van der Waals surface area contributed by atoms with Crippen molar-refractivity contribution in [1.82, 2.24) is 0 Å². The zero-order valence-corrected chi connectivity index (χ0v) is 10.7. The van der Waals surface area contributed by atoms with Crippen LogP contribution in [0.4, 0.5) is 5.69 Å². The molecule has 1 aromatic rings. The Morgan fingerprint density at radius 2 is 2.00 bits per heavy atom. The molecule has 0 aromatic heterocycles. The third kappa shape index (κ3) is 4.66. The number of para-hydroxylation sites is 2. The molecule has 2 N–H and O–H groups in total. The number of alkyl halides is 1. The van der Waals surface area contributed by atoms with Crippen molar-refractivity contribution in [1.29, 1.82) is 0 Å². The predicted octanol–water partition coefficient (Wildman–Crippen LogP) is 3.29. The highest BCUT2D eigenvalue weighted by Gasteiger charge is 2.04. The number of carbonyl (C=O) groups is 1. The Morgan fingerprint density at radius 3 is 2.69 bits per heavy atom. The number of phenolic OH excluding ortho intramolecular Hbond substituents is 1. The van der Waals surface area contributed by atoms with E-state index in [1.165, 1.54) is 0 Å². The van der Waals surface area contributed by atoms with Crippen LogP contribution < -0.4 is 5.32 Å². The van der Waals surface area contributed by atoms with Gasteiger partial charge in [-0.3, -0.25) is 4.79 Å². The minimum absolute atomic E-state index is 0.0453. The summed E-state index contributed by atoms with van der Waals surface area (Å²) in [5, 5.41) is 13.1. The van der Waals surface area contributed by atoms with Gasteiger partial charge in [0.2, 0.25) is 5.91 Å². The van der Waals surface area contributed by atoms with Crippen LogP contribution >= 0.6 is 15.9 Å². The first-order chi connectivity index (χ1) is 7.74. The van der Waals surface area contributed by atoms with Gasteiger partial charge in [-0.15, -0.1) is 0 Å². The fourth-order valence-electron chi connectivity index (χ4n) is 1.35. The molecule has 88 valence electrons. The normalized spacial score (nSPS) is 10.1. The lowest BCUT2D eigenvalue weighted by molar-refractivity contribution is -0.116. The molecule has 0 unspecified atom stereocenters. The molecule has 0 atom stereocenters. The molecule has 1 aromatic carbocycles. The number of halogens is 1. The number of anilines is 1. The SMILES string of the molecule is O=C(CCCCCBr)Nc1ccccc1O. The van der Waals surface area contributed by atoms with Crippen LogP contribution in [-0.4, -0.2) is 16.3 Å². The number of benzene rings is 1. The lowest BCUT2D eigenvalue weighted by Gasteiger charge is -2.06. The maximum absolute atomic E-state index is 11.5. The Hall–Kier alpha value is -1.03. The summed E-state index contributed by atoms with van der Waals surface area (Å²) in [4.78, 5) is 11.5. The second kappa shape index (κ2) is 7.28. The van der Waals surface area contributed by atoms with Gasteiger partial charge in [-0.1, -0.05) is 34.5 Å². The van der Waals surface area contributed by atoms with Crippen LogP contribution in [0.5, 0.6) is 5.75 Å². The molecule has 0 aliphatic rings. The Bertz CT molecular complexity index is 342. The summed E-state index contributed by atoms with van der Waals surface area (Å²) < 4.78 is 0. The number of amides is 1. The molecule has 0 spiro atoms. The number of rotatable bonds is 6. The zero-order chi connectivity index (χ0) is 11.8. The van der Waals surface area contributed by atoms with Crippen molar-refractivity contribution >= 4 is 27.5 Å². The van der Waals surface area contributed by atoms with E-state index >= 15 is 0 Å². The first kappa shape index (κ1) is 13.0. The minimum Gasteiger partial charge on any atom is -0.506 e. The molecule has 16 heavy (non-hydrogen) atoms. The van der Waals surface area contributed by atoms with Crippen molar-refractivity contribution in [3.8, 4) is 5.75 Å². The van der Waals surface area contributed by atoms with Crippen molar-refractivity contribution in [2.24, 2.45) is 0 Å². The number of unbranched alkanes of at least 4 members (excludes halogenated alkanes) is 2. The summed E-state index contributed by atoms with van der Waals surface area (Å²) in [6, 6.07) is 6.74. The van der Waals surface area contributed by atoms with Crippen molar-refractivity contribution in [2.75, 3.05) is 10.6 Å².